The molecule has 0 spiro atoms. The maximum atomic E-state index is 5.13. The highest BCUT2D eigenvalue weighted by molar-refractivity contribution is 5.70. The number of nitrogens with zero attached hydrogens (tertiary/aromatic N) is 4. The van der Waals surface area contributed by atoms with E-state index >= 15 is 0 Å². The van der Waals surface area contributed by atoms with Crippen LogP contribution in [0.3, 0.4) is 0 Å². The first kappa shape index (κ1) is 20.7. The average molecular weight is 401 g/mol. The van der Waals surface area contributed by atoms with Crippen molar-refractivity contribution in [1.29, 1.82) is 0 Å². The first-order valence-corrected chi connectivity index (χ1v) is 11.0. The molecule has 3 aromatic rings. The van der Waals surface area contributed by atoms with Gasteiger partial charge in [0.25, 0.3) is 0 Å². The van der Waals surface area contributed by atoms with Gasteiger partial charge >= 0.3 is 0 Å². The molecule has 1 fully saturated rings. The zero-order valence-corrected chi connectivity index (χ0v) is 18.6. The molecule has 3 heterocycles. The van der Waals surface area contributed by atoms with E-state index in [-0.39, 0.29) is 0 Å². The number of piperidine rings is 1. The summed E-state index contributed by atoms with van der Waals surface area (Å²) in [6.45, 7) is 12.5. The third-order valence-corrected chi connectivity index (χ3v) is 5.86. The lowest BCUT2D eigenvalue weighted by Gasteiger charge is -2.36. The van der Waals surface area contributed by atoms with Gasteiger partial charge < -0.3 is 4.90 Å². The molecule has 0 aliphatic carbocycles. The third kappa shape index (κ3) is 4.76. The van der Waals surface area contributed by atoms with Gasteiger partial charge in [0.05, 0.1) is 5.69 Å². The van der Waals surface area contributed by atoms with E-state index in [9.17, 15) is 0 Å². The Bertz CT molecular complexity index is 983. The molecule has 0 radical (unpaired) electrons. The molecule has 0 N–H and O–H groups in total. The van der Waals surface area contributed by atoms with Gasteiger partial charge in [0.2, 0.25) is 0 Å². The standard InChI is InChI=1S/C26H32N4/c1-19-7-5-6-8-22(19)23-17-28-25(21-9-13-27-14-10-21)29-24(23)20-11-15-30(16-12-20)18-26(2,3)4/h5-10,13-14,17,20H,11-12,15-16,18H2,1-4H3. The fourth-order valence-electron chi connectivity index (χ4n) is 4.46. The van der Waals surface area contributed by atoms with Gasteiger partial charge in [-0.05, 0) is 61.5 Å². The molecule has 156 valence electrons. The van der Waals surface area contributed by atoms with Crippen molar-refractivity contribution in [2.24, 2.45) is 5.41 Å². The van der Waals surface area contributed by atoms with Crippen molar-refractivity contribution in [2.45, 2.75) is 46.5 Å². The SMILES string of the molecule is Cc1ccccc1-c1cnc(-c2ccncc2)nc1C1CCN(CC(C)(C)C)CC1. The van der Waals surface area contributed by atoms with E-state index in [1.165, 1.54) is 22.4 Å². The van der Waals surface area contributed by atoms with Crippen molar-refractivity contribution >= 4 is 0 Å². The molecule has 2 aromatic heterocycles. The van der Waals surface area contributed by atoms with Crippen molar-refractivity contribution < 1.29 is 0 Å². The van der Waals surface area contributed by atoms with Crippen LogP contribution in [-0.4, -0.2) is 39.5 Å². The molecule has 4 heteroatoms. The average Bonchev–Trinajstić information content (AvgIpc) is 2.74. The summed E-state index contributed by atoms with van der Waals surface area (Å²) in [7, 11) is 0. The molecule has 4 rings (SSSR count). The summed E-state index contributed by atoms with van der Waals surface area (Å²) < 4.78 is 0. The van der Waals surface area contributed by atoms with Crippen molar-refractivity contribution in [3.63, 3.8) is 0 Å². The second kappa shape index (κ2) is 8.65. The number of aryl methyl sites for hydroxylation is 1. The molecular weight excluding hydrogens is 368 g/mol. The van der Waals surface area contributed by atoms with Crippen LogP contribution in [0.5, 0.6) is 0 Å². The molecule has 30 heavy (non-hydrogen) atoms. The Morgan fingerprint density at radius 2 is 1.67 bits per heavy atom. The van der Waals surface area contributed by atoms with Crippen LogP contribution in [0.15, 0.2) is 55.0 Å². The molecule has 1 saturated heterocycles. The predicted octanol–water partition coefficient (Wildman–Crippen LogP) is 5.74. The number of pyridine rings is 1. The third-order valence-electron chi connectivity index (χ3n) is 5.86. The van der Waals surface area contributed by atoms with Gasteiger partial charge in [-0.15, -0.1) is 0 Å². The molecule has 1 aliphatic rings. The largest absolute Gasteiger partial charge is 0.303 e. The van der Waals surface area contributed by atoms with E-state index in [0.717, 1.165) is 43.9 Å². The van der Waals surface area contributed by atoms with Crippen LogP contribution in [0.2, 0.25) is 0 Å². The molecule has 1 aromatic carbocycles. The van der Waals surface area contributed by atoms with Crippen molar-refractivity contribution in [3.8, 4) is 22.5 Å². The molecular formula is C26H32N4. The van der Waals surface area contributed by atoms with Crippen LogP contribution in [-0.2, 0) is 0 Å². The fourth-order valence-corrected chi connectivity index (χ4v) is 4.46. The summed E-state index contributed by atoms with van der Waals surface area (Å²) in [4.78, 5) is 16.6. The summed E-state index contributed by atoms with van der Waals surface area (Å²) in [5, 5.41) is 0. The number of aromatic nitrogens is 3. The zero-order chi connectivity index (χ0) is 21.1. The van der Waals surface area contributed by atoms with Crippen LogP contribution >= 0.6 is 0 Å². The van der Waals surface area contributed by atoms with Gasteiger partial charge in [0.15, 0.2) is 5.82 Å². The first-order chi connectivity index (χ1) is 14.4. The molecule has 0 amide bonds. The Balaban J connectivity index is 1.68. The van der Waals surface area contributed by atoms with Crippen LogP contribution in [0.25, 0.3) is 22.5 Å². The molecule has 0 unspecified atom stereocenters. The number of hydrogen-bond donors (Lipinski definition) is 0. The Labute approximate surface area is 180 Å². The highest BCUT2D eigenvalue weighted by Crippen LogP contribution is 2.36. The second-order valence-corrected chi connectivity index (χ2v) is 9.65. The zero-order valence-electron chi connectivity index (χ0n) is 18.6. The summed E-state index contributed by atoms with van der Waals surface area (Å²) in [6.07, 6.45) is 7.92. The number of hydrogen-bond acceptors (Lipinski definition) is 4. The fraction of sp³-hybridized carbons (Fsp3) is 0.423. The van der Waals surface area contributed by atoms with Crippen LogP contribution < -0.4 is 0 Å². The Kier molecular flexibility index (Phi) is 5.96. The van der Waals surface area contributed by atoms with Crippen molar-refractivity contribution in [3.05, 3.63) is 66.2 Å². The monoisotopic (exact) mass is 400 g/mol. The lowest BCUT2D eigenvalue weighted by atomic mass is 9.86. The molecule has 4 nitrogen and oxygen atoms in total. The smallest absolute Gasteiger partial charge is 0.159 e. The molecule has 1 aliphatic heterocycles. The lowest BCUT2D eigenvalue weighted by molar-refractivity contribution is 0.153. The molecule has 0 atom stereocenters. The van der Waals surface area contributed by atoms with E-state index in [4.69, 9.17) is 9.97 Å². The summed E-state index contributed by atoms with van der Waals surface area (Å²) in [5.41, 5.74) is 6.24. The van der Waals surface area contributed by atoms with Gasteiger partial charge in [0, 0.05) is 42.2 Å². The van der Waals surface area contributed by atoms with E-state index < -0.39 is 0 Å². The lowest BCUT2D eigenvalue weighted by Crippen LogP contribution is -2.38. The number of benzene rings is 1. The minimum absolute atomic E-state index is 0.336. The number of rotatable bonds is 4. The van der Waals surface area contributed by atoms with E-state index in [2.05, 4.69) is 61.8 Å². The Morgan fingerprint density at radius 3 is 2.33 bits per heavy atom. The van der Waals surface area contributed by atoms with E-state index in [1.807, 2.05) is 18.3 Å². The highest BCUT2D eigenvalue weighted by atomic mass is 15.1. The maximum Gasteiger partial charge on any atom is 0.159 e. The highest BCUT2D eigenvalue weighted by Gasteiger charge is 2.27. The van der Waals surface area contributed by atoms with Gasteiger partial charge in [0.1, 0.15) is 0 Å². The van der Waals surface area contributed by atoms with E-state index in [1.54, 1.807) is 12.4 Å². The van der Waals surface area contributed by atoms with E-state index in [0.29, 0.717) is 11.3 Å². The normalized spacial score (nSPS) is 16.0. The Hall–Kier alpha value is -2.59. The first-order valence-electron chi connectivity index (χ1n) is 11.0. The van der Waals surface area contributed by atoms with Gasteiger partial charge in [-0.2, -0.15) is 0 Å². The molecule has 0 saturated carbocycles. The predicted molar refractivity (Wildman–Crippen MR) is 123 cm³/mol. The minimum Gasteiger partial charge on any atom is -0.303 e. The number of likely N-dealkylation sites (tertiary alicyclic amines) is 1. The summed E-state index contributed by atoms with van der Waals surface area (Å²) in [5.74, 6) is 1.25. The summed E-state index contributed by atoms with van der Waals surface area (Å²) >= 11 is 0. The van der Waals surface area contributed by atoms with Gasteiger partial charge in [-0.1, -0.05) is 45.0 Å². The molecule has 0 bridgehead atoms. The van der Waals surface area contributed by atoms with Crippen LogP contribution in [0, 0.1) is 12.3 Å². The topological polar surface area (TPSA) is 41.9 Å². The van der Waals surface area contributed by atoms with Gasteiger partial charge in [-0.25, -0.2) is 9.97 Å². The van der Waals surface area contributed by atoms with Crippen molar-refractivity contribution in [1.82, 2.24) is 19.9 Å². The van der Waals surface area contributed by atoms with Crippen molar-refractivity contribution in [2.75, 3.05) is 19.6 Å². The second-order valence-electron chi connectivity index (χ2n) is 9.65. The quantitative estimate of drug-likeness (QED) is 0.560. The summed E-state index contributed by atoms with van der Waals surface area (Å²) in [6, 6.07) is 12.5. The van der Waals surface area contributed by atoms with Crippen LogP contribution in [0.4, 0.5) is 0 Å². The van der Waals surface area contributed by atoms with Gasteiger partial charge in [-0.3, -0.25) is 4.98 Å². The van der Waals surface area contributed by atoms with Crippen LogP contribution in [0.1, 0.15) is 50.8 Å². The Morgan fingerprint density at radius 1 is 0.967 bits per heavy atom. The minimum atomic E-state index is 0.336. The maximum absolute atomic E-state index is 5.13.